The van der Waals surface area contributed by atoms with Crippen LogP contribution < -0.4 is 4.74 Å². The summed E-state index contributed by atoms with van der Waals surface area (Å²) in [7, 11) is 0. The quantitative estimate of drug-likeness (QED) is 0.480. The number of likely N-dealkylation sites (tertiary alicyclic amines) is 1. The predicted molar refractivity (Wildman–Crippen MR) is 117 cm³/mol. The van der Waals surface area contributed by atoms with Gasteiger partial charge in [-0.2, -0.15) is 0 Å². The first-order valence-corrected chi connectivity index (χ1v) is 11.2. The molecule has 0 unspecified atom stereocenters. The topological polar surface area (TPSA) is 60.9 Å². The summed E-state index contributed by atoms with van der Waals surface area (Å²) < 4.78 is 17.2. The fraction of sp³-hybridized carbons (Fsp3) is 0.391. The van der Waals surface area contributed by atoms with E-state index in [9.17, 15) is 4.79 Å². The second-order valence-electron chi connectivity index (χ2n) is 7.29. The molecule has 1 aliphatic heterocycles. The Balaban J connectivity index is 1.22. The van der Waals surface area contributed by atoms with Crippen LogP contribution in [0.15, 0.2) is 48.5 Å². The van der Waals surface area contributed by atoms with Gasteiger partial charge >= 0.3 is 6.16 Å². The van der Waals surface area contributed by atoms with Crippen LogP contribution >= 0.6 is 11.3 Å². The van der Waals surface area contributed by atoms with Crippen molar-refractivity contribution < 1.29 is 19.0 Å². The standard InChI is InChI=1S/C23H26N2O4S/c1-2-27-23(26)29-19-12-15-25(16-13-19)14-11-17-7-9-18(10-8-17)28-22-24-20-5-3-4-6-21(20)30-22/h3-10,19H,2,11-16H2,1H3. The largest absolute Gasteiger partial charge is 0.508 e. The van der Waals surface area contributed by atoms with Crippen molar-refractivity contribution in [1.29, 1.82) is 0 Å². The predicted octanol–water partition coefficient (Wildman–Crippen LogP) is 5.27. The number of nitrogens with zero attached hydrogens (tertiary/aromatic N) is 2. The third kappa shape index (κ3) is 5.49. The Morgan fingerprint density at radius 1 is 1.13 bits per heavy atom. The number of carbonyl (C=O) groups is 1. The van der Waals surface area contributed by atoms with Crippen LogP contribution in [-0.4, -0.2) is 48.4 Å². The lowest BCUT2D eigenvalue weighted by molar-refractivity contribution is 0.00214. The Labute approximate surface area is 180 Å². The number of fused-ring (bicyclic) bond motifs is 1. The van der Waals surface area contributed by atoms with Gasteiger partial charge in [-0.05, 0) is 56.0 Å². The van der Waals surface area contributed by atoms with Gasteiger partial charge in [0.1, 0.15) is 11.9 Å². The minimum atomic E-state index is -0.552. The van der Waals surface area contributed by atoms with Gasteiger partial charge in [-0.15, -0.1) is 0 Å². The molecule has 1 aromatic heterocycles. The molecule has 3 aromatic rings. The van der Waals surface area contributed by atoms with Crippen LogP contribution in [0, 0.1) is 0 Å². The van der Waals surface area contributed by atoms with Crippen molar-refractivity contribution in [3.05, 3.63) is 54.1 Å². The average Bonchev–Trinajstić information content (AvgIpc) is 3.17. The maximum absolute atomic E-state index is 11.4. The zero-order chi connectivity index (χ0) is 20.8. The van der Waals surface area contributed by atoms with Gasteiger partial charge in [0, 0.05) is 19.6 Å². The maximum Gasteiger partial charge on any atom is 0.508 e. The Kier molecular flexibility index (Phi) is 6.81. The number of ether oxygens (including phenoxy) is 3. The summed E-state index contributed by atoms with van der Waals surface area (Å²) in [5.74, 6) is 0.801. The fourth-order valence-electron chi connectivity index (χ4n) is 3.55. The monoisotopic (exact) mass is 426 g/mol. The number of thiazole rings is 1. The Bertz CT molecular complexity index is 932. The molecule has 1 fully saturated rings. The average molecular weight is 427 g/mol. The molecule has 30 heavy (non-hydrogen) atoms. The van der Waals surface area contributed by atoms with E-state index in [1.54, 1.807) is 18.3 Å². The van der Waals surface area contributed by atoms with Crippen molar-refractivity contribution in [3.8, 4) is 10.9 Å². The lowest BCUT2D eigenvalue weighted by Crippen LogP contribution is -2.38. The summed E-state index contributed by atoms with van der Waals surface area (Å²) in [6.07, 6.45) is 2.11. The smallest absolute Gasteiger partial charge is 0.435 e. The van der Waals surface area contributed by atoms with E-state index in [0.29, 0.717) is 11.8 Å². The van der Waals surface area contributed by atoms with Gasteiger partial charge in [-0.25, -0.2) is 9.78 Å². The lowest BCUT2D eigenvalue weighted by atomic mass is 10.1. The van der Waals surface area contributed by atoms with Gasteiger partial charge in [0.05, 0.1) is 16.8 Å². The van der Waals surface area contributed by atoms with Gasteiger partial charge in [0.2, 0.25) is 0 Å². The molecule has 1 saturated heterocycles. The summed E-state index contributed by atoms with van der Waals surface area (Å²) in [6, 6.07) is 16.3. The number of piperidine rings is 1. The first kappa shape index (κ1) is 20.6. The zero-order valence-electron chi connectivity index (χ0n) is 17.1. The second-order valence-corrected chi connectivity index (χ2v) is 8.28. The molecular weight excluding hydrogens is 400 g/mol. The second kappa shape index (κ2) is 9.91. The van der Waals surface area contributed by atoms with Crippen LogP contribution in [-0.2, 0) is 15.9 Å². The highest BCUT2D eigenvalue weighted by Crippen LogP contribution is 2.31. The maximum atomic E-state index is 11.4. The molecule has 0 spiro atoms. The molecule has 2 heterocycles. The summed E-state index contributed by atoms with van der Waals surface area (Å²) in [5, 5.41) is 0.664. The third-order valence-corrected chi connectivity index (χ3v) is 6.09. The summed E-state index contributed by atoms with van der Waals surface area (Å²) >= 11 is 1.55. The molecule has 0 atom stereocenters. The SMILES string of the molecule is CCOC(=O)OC1CCN(CCc2ccc(Oc3nc4ccccc4s3)cc2)CC1. The molecule has 0 radical (unpaired) electrons. The van der Waals surface area contributed by atoms with Crippen molar-refractivity contribution in [1.82, 2.24) is 9.88 Å². The molecule has 0 N–H and O–H groups in total. The lowest BCUT2D eigenvalue weighted by Gasteiger charge is -2.31. The first-order valence-electron chi connectivity index (χ1n) is 10.4. The van der Waals surface area contributed by atoms with E-state index in [1.165, 1.54) is 5.56 Å². The summed E-state index contributed by atoms with van der Waals surface area (Å²) in [4.78, 5) is 18.3. The molecule has 7 heteroatoms. The molecule has 1 aliphatic rings. The van der Waals surface area contributed by atoms with E-state index in [1.807, 2.05) is 30.3 Å². The molecule has 0 aliphatic carbocycles. The number of para-hydroxylation sites is 1. The minimum Gasteiger partial charge on any atom is -0.435 e. The normalized spacial score (nSPS) is 15.2. The number of benzene rings is 2. The summed E-state index contributed by atoms with van der Waals surface area (Å²) in [5.41, 5.74) is 2.24. The van der Waals surface area contributed by atoms with E-state index < -0.39 is 6.16 Å². The molecule has 0 saturated carbocycles. The van der Waals surface area contributed by atoms with Crippen molar-refractivity contribution >= 4 is 27.7 Å². The highest BCUT2D eigenvalue weighted by atomic mass is 32.1. The first-order chi connectivity index (χ1) is 14.7. The van der Waals surface area contributed by atoms with E-state index in [0.717, 1.165) is 54.9 Å². The molecule has 6 nitrogen and oxygen atoms in total. The highest BCUT2D eigenvalue weighted by Gasteiger charge is 2.22. The van der Waals surface area contributed by atoms with Crippen LogP contribution in [0.25, 0.3) is 10.2 Å². The number of hydrogen-bond acceptors (Lipinski definition) is 7. The number of carbonyl (C=O) groups excluding carboxylic acids is 1. The van der Waals surface area contributed by atoms with Crippen LogP contribution in [0.4, 0.5) is 4.79 Å². The molecule has 0 bridgehead atoms. The molecule has 158 valence electrons. The van der Waals surface area contributed by atoms with Crippen LogP contribution in [0.5, 0.6) is 10.9 Å². The van der Waals surface area contributed by atoms with Crippen molar-refractivity contribution in [2.45, 2.75) is 32.3 Å². The van der Waals surface area contributed by atoms with Crippen molar-refractivity contribution in [2.75, 3.05) is 26.2 Å². The van der Waals surface area contributed by atoms with Gasteiger partial charge in [0.25, 0.3) is 5.19 Å². The summed E-state index contributed by atoms with van der Waals surface area (Å²) in [6.45, 7) is 4.99. The van der Waals surface area contributed by atoms with E-state index in [2.05, 4.69) is 28.1 Å². The van der Waals surface area contributed by atoms with Crippen molar-refractivity contribution in [3.63, 3.8) is 0 Å². The van der Waals surface area contributed by atoms with E-state index in [-0.39, 0.29) is 6.10 Å². The van der Waals surface area contributed by atoms with Crippen LogP contribution in [0.1, 0.15) is 25.3 Å². The van der Waals surface area contributed by atoms with Gasteiger partial charge in [-0.3, -0.25) is 0 Å². The Morgan fingerprint density at radius 3 is 2.63 bits per heavy atom. The molecule has 2 aromatic carbocycles. The molecule has 0 amide bonds. The van der Waals surface area contributed by atoms with Crippen LogP contribution in [0.2, 0.25) is 0 Å². The highest BCUT2D eigenvalue weighted by molar-refractivity contribution is 7.20. The van der Waals surface area contributed by atoms with E-state index >= 15 is 0 Å². The fourth-order valence-corrected chi connectivity index (χ4v) is 4.38. The van der Waals surface area contributed by atoms with Gasteiger partial charge in [0.15, 0.2) is 0 Å². The molecule has 4 rings (SSSR count). The number of aromatic nitrogens is 1. The zero-order valence-corrected chi connectivity index (χ0v) is 17.9. The Hall–Kier alpha value is -2.64. The van der Waals surface area contributed by atoms with Crippen molar-refractivity contribution in [2.24, 2.45) is 0 Å². The number of hydrogen-bond donors (Lipinski definition) is 0. The molecular formula is C23H26N2O4S. The Morgan fingerprint density at radius 2 is 1.90 bits per heavy atom. The third-order valence-electron chi connectivity index (χ3n) is 5.18. The minimum absolute atomic E-state index is 0.0285. The van der Waals surface area contributed by atoms with E-state index in [4.69, 9.17) is 14.2 Å². The van der Waals surface area contributed by atoms with Gasteiger partial charge in [-0.1, -0.05) is 35.6 Å². The van der Waals surface area contributed by atoms with Crippen LogP contribution in [0.3, 0.4) is 0 Å². The van der Waals surface area contributed by atoms with Gasteiger partial charge < -0.3 is 19.1 Å². The number of rotatable bonds is 7.